The minimum atomic E-state index is -0.0131. The fraction of sp³-hybridized carbons (Fsp3) is 0.611. The Morgan fingerprint density at radius 1 is 1.08 bits per heavy atom. The largest absolute Gasteiger partial charge is 0.422 e. The van der Waals surface area contributed by atoms with Crippen molar-refractivity contribution in [1.29, 1.82) is 0 Å². The number of aromatic nitrogens is 3. The molecule has 0 N–H and O–H groups in total. The Labute approximate surface area is 141 Å². The topological polar surface area (TPSA) is 64.3 Å². The zero-order chi connectivity index (χ0) is 15.9. The number of ether oxygens (including phenoxy) is 1. The number of piperidine rings is 1. The van der Waals surface area contributed by atoms with Crippen LogP contribution in [0.5, 0.6) is 0 Å². The monoisotopic (exact) mass is 326 g/mol. The lowest BCUT2D eigenvalue weighted by Gasteiger charge is -2.33. The van der Waals surface area contributed by atoms with E-state index in [4.69, 9.17) is 9.15 Å². The third kappa shape index (κ3) is 2.84. The highest BCUT2D eigenvalue weighted by Crippen LogP contribution is 2.43. The van der Waals surface area contributed by atoms with Crippen molar-refractivity contribution in [2.24, 2.45) is 5.92 Å². The summed E-state index contributed by atoms with van der Waals surface area (Å²) in [4.78, 5) is 6.56. The van der Waals surface area contributed by atoms with Crippen molar-refractivity contribution in [3.05, 3.63) is 41.9 Å². The minimum Gasteiger partial charge on any atom is -0.422 e. The molecule has 4 heterocycles. The van der Waals surface area contributed by atoms with E-state index in [1.807, 2.05) is 12.4 Å². The van der Waals surface area contributed by atoms with Gasteiger partial charge in [-0.3, -0.25) is 9.88 Å². The number of pyridine rings is 1. The van der Waals surface area contributed by atoms with Crippen LogP contribution in [0.15, 0.2) is 28.9 Å². The van der Waals surface area contributed by atoms with Gasteiger partial charge in [0.05, 0.1) is 6.10 Å². The number of hydrogen-bond acceptors (Lipinski definition) is 6. The average Bonchev–Trinajstić information content (AvgIpc) is 3.19. The Bertz CT molecular complexity index is 700. The van der Waals surface area contributed by atoms with E-state index in [2.05, 4.69) is 32.2 Å². The fourth-order valence-electron chi connectivity index (χ4n) is 3.92. The lowest BCUT2D eigenvalue weighted by atomic mass is 9.91. The summed E-state index contributed by atoms with van der Waals surface area (Å²) in [7, 11) is 0. The van der Waals surface area contributed by atoms with Crippen molar-refractivity contribution in [2.75, 3.05) is 13.1 Å². The summed E-state index contributed by atoms with van der Waals surface area (Å²) < 4.78 is 12.1. The van der Waals surface area contributed by atoms with E-state index < -0.39 is 0 Å². The molecule has 0 spiro atoms. The Morgan fingerprint density at radius 3 is 2.75 bits per heavy atom. The maximum atomic E-state index is 6.28. The van der Waals surface area contributed by atoms with E-state index >= 15 is 0 Å². The van der Waals surface area contributed by atoms with Gasteiger partial charge in [0.2, 0.25) is 11.8 Å². The molecule has 6 heteroatoms. The molecule has 2 aliphatic heterocycles. The van der Waals surface area contributed by atoms with Crippen LogP contribution in [0.25, 0.3) is 0 Å². The zero-order valence-electron chi connectivity index (χ0n) is 13.7. The SMILES string of the molecule is c1cc(CN2CC[C@@H]3C[C@@H](c4nnc(C5CC5)o4)O[C@H]3C2)ccn1. The van der Waals surface area contributed by atoms with Crippen LogP contribution in [0, 0.1) is 5.92 Å². The zero-order valence-corrected chi connectivity index (χ0v) is 13.7. The third-order valence-electron chi connectivity index (χ3n) is 5.45. The molecule has 1 saturated carbocycles. The molecule has 126 valence electrons. The van der Waals surface area contributed by atoms with Gasteiger partial charge in [0.1, 0.15) is 6.10 Å². The number of hydrogen-bond donors (Lipinski definition) is 0. The number of likely N-dealkylation sites (tertiary alicyclic amines) is 1. The lowest BCUT2D eigenvalue weighted by molar-refractivity contribution is -0.0177. The van der Waals surface area contributed by atoms with Crippen LogP contribution >= 0.6 is 0 Å². The van der Waals surface area contributed by atoms with Crippen LogP contribution in [0.4, 0.5) is 0 Å². The van der Waals surface area contributed by atoms with Crippen molar-refractivity contribution in [3.8, 4) is 0 Å². The first-order valence-corrected chi connectivity index (χ1v) is 8.95. The Morgan fingerprint density at radius 2 is 1.92 bits per heavy atom. The molecule has 2 aromatic heterocycles. The molecular formula is C18H22N4O2. The van der Waals surface area contributed by atoms with Gasteiger partial charge in [0.15, 0.2) is 0 Å². The van der Waals surface area contributed by atoms with E-state index in [-0.39, 0.29) is 12.2 Å². The van der Waals surface area contributed by atoms with Crippen molar-refractivity contribution < 1.29 is 9.15 Å². The first-order chi connectivity index (χ1) is 11.8. The number of fused-ring (bicyclic) bond motifs is 1. The van der Waals surface area contributed by atoms with Gasteiger partial charge in [0, 0.05) is 31.4 Å². The Kier molecular flexibility index (Phi) is 3.60. The van der Waals surface area contributed by atoms with E-state index in [0.717, 1.165) is 31.9 Å². The number of nitrogens with zero attached hydrogens (tertiary/aromatic N) is 4. The molecule has 0 aromatic carbocycles. The van der Waals surface area contributed by atoms with Gasteiger partial charge in [-0.15, -0.1) is 10.2 Å². The second kappa shape index (κ2) is 5.93. The predicted octanol–water partition coefficient (Wildman–Crippen LogP) is 2.69. The quantitative estimate of drug-likeness (QED) is 0.861. The van der Waals surface area contributed by atoms with Gasteiger partial charge in [-0.2, -0.15) is 0 Å². The van der Waals surface area contributed by atoms with Crippen LogP contribution in [0.2, 0.25) is 0 Å². The highest BCUT2D eigenvalue weighted by Gasteiger charge is 2.42. The van der Waals surface area contributed by atoms with E-state index in [1.54, 1.807) is 0 Å². The second-order valence-electron chi connectivity index (χ2n) is 7.29. The highest BCUT2D eigenvalue weighted by molar-refractivity contribution is 5.10. The van der Waals surface area contributed by atoms with Crippen molar-refractivity contribution >= 4 is 0 Å². The van der Waals surface area contributed by atoms with Crippen LogP contribution in [-0.4, -0.2) is 39.3 Å². The summed E-state index contributed by atoms with van der Waals surface area (Å²) >= 11 is 0. The third-order valence-corrected chi connectivity index (χ3v) is 5.45. The summed E-state index contributed by atoms with van der Waals surface area (Å²) in [6.45, 7) is 3.07. The Balaban J connectivity index is 1.23. The molecule has 2 saturated heterocycles. The van der Waals surface area contributed by atoms with Crippen LogP contribution in [0.3, 0.4) is 0 Å². The van der Waals surface area contributed by atoms with Crippen molar-refractivity contribution in [1.82, 2.24) is 20.1 Å². The van der Waals surface area contributed by atoms with E-state index in [9.17, 15) is 0 Å². The van der Waals surface area contributed by atoms with Crippen LogP contribution in [0.1, 0.15) is 55.1 Å². The summed E-state index contributed by atoms with van der Waals surface area (Å²) in [5.74, 6) is 2.61. The summed E-state index contributed by atoms with van der Waals surface area (Å²) in [6.07, 6.45) is 8.54. The molecule has 5 rings (SSSR count). The molecule has 0 amide bonds. The lowest BCUT2D eigenvalue weighted by Crippen LogP contribution is -2.41. The van der Waals surface area contributed by atoms with Gasteiger partial charge >= 0.3 is 0 Å². The molecule has 0 bridgehead atoms. The fourth-order valence-corrected chi connectivity index (χ4v) is 3.92. The van der Waals surface area contributed by atoms with Gasteiger partial charge in [-0.05, 0) is 55.8 Å². The van der Waals surface area contributed by atoms with Gasteiger partial charge in [-0.25, -0.2) is 0 Å². The predicted molar refractivity (Wildman–Crippen MR) is 86.1 cm³/mol. The highest BCUT2D eigenvalue weighted by atomic mass is 16.5. The molecular weight excluding hydrogens is 304 g/mol. The maximum Gasteiger partial charge on any atom is 0.245 e. The summed E-state index contributed by atoms with van der Waals surface area (Å²) in [5, 5.41) is 8.44. The second-order valence-corrected chi connectivity index (χ2v) is 7.29. The molecule has 24 heavy (non-hydrogen) atoms. The molecule has 3 atom stereocenters. The molecule has 2 aromatic rings. The Hall–Kier alpha value is -1.79. The maximum absolute atomic E-state index is 6.28. The molecule has 1 aliphatic carbocycles. The van der Waals surface area contributed by atoms with Gasteiger partial charge in [-0.1, -0.05) is 0 Å². The molecule has 6 nitrogen and oxygen atoms in total. The minimum absolute atomic E-state index is 0.0131. The molecule has 0 radical (unpaired) electrons. The first-order valence-electron chi connectivity index (χ1n) is 8.95. The van der Waals surface area contributed by atoms with Crippen LogP contribution in [-0.2, 0) is 11.3 Å². The summed E-state index contributed by atoms with van der Waals surface area (Å²) in [5.41, 5.74) is 1.31. The first kappa shape index (κ1) is 14.5. The van der Waals surface area contributed by atoms with Crippen molar-refractivity contribution in [3.63, 3.8) is 0 Å². The standard InChI is InChI=1S/C18H22N4O2/c1-2-13(1)17-20-21-18(24-17)15-9-14-5-8-22(11-16(14)23-15)10-12-3-6-19-7-4-12/h3-4,6-7,13-16H,1-2,5,8-11H2/t14-,15+,16+/m1/s1. The number of rotatable bonds is 4. The van der Waals surface area contributed by atoms with E-state index in [1.165, 1.54) is 24.8 Å². The molecule has 3 aliphatic rings. The van der Waals surface area contributed by atoms with Gasteiger partial charge in [0.25, 0.3) is 0 Å². The summed E-state index contributed by atoms with van der Waals surface area (Å²) in [6, 6.07) is 4.17. The smallest absolute Gasteiger partial charge is 0.245 e. The van der Waals surface area contributed by atoms with Gasteiger partial charge < -0.3 is 9.15 Å². The molecule has 0 unspecified atom stereocenters. The average molecular weight is 326 g/mol. The molecule has 3 fully saturated rings. The van der Waals surface area contributed by atoms with Crippen LogP contribution < -0.4 is 0 Å². The van der Waals surface area contributed by atoms with Crippen molar-refractivity contribution in [2.45, 2.75) is 50.4 Å². The normalized spacial score (nSPS) is 30.4. The van der Waals surface area contributed by atoms with E-state index in [0.29, 0.717) is 17.7 Å².